The summed E-state index contributed by atoms with van der Waals surface area (Å²) in [4.78, 5) is 27.1. The molecule has 0 aromatic rings. The highest BCUT2D eigenvalue weighted by Crippen LogP contribution is 2.72. The number of hydrogen-bond donors (Lipinski definition) is 3. The second-order valence-corrected chi connectivity index (χ2v) is 17.1. The highest BCUT2D eigenvalue weighted by molar-refractivity contribution is 7.90. The van der Waals surface area contributed by atoms with Crippen molar-refractivity contribution >= 4 is 21.7 Å². The molecular formula is C31H49F3N2O5S. The van der Waals surface area contributed by atoms with Gasteiger partial charge in [-0.15, -0.1) is 0 Å². The number of hydroxylamine groups is 1. The van der Waals surface area contributed by atoms with E-state index in [1.54, 1.807) is 0 Å². The predicted octanol–water partition coefficient (Wildman–Crippen LogP) is 6.67. The Labute approximate surface area is 248 Å². The largest absolute Gasteiger partial charge is 0.511 e. The van der Waals surface area contributed by atoms with E-state index in [0.29, 0.717) is 32.1 Å². The van der Waals surface area contributed by atoms with Gasteiger partial charge in [0.05, 0.1) is 0 Å². The topological polar surface area (TPSA) is 113 Å². The number of carbonyl (C=O) groups excluding carboxylic acids is 2. The molecule has 0 spiro atoms. The van der Waals surface area contributed by atoms with Crippen LogP contribution in [0.3, 0.4) is 0 Å². The van der Waals surface area contributed by atoms with Gasteiger partial charge in [0.2, 0.25) is 5.91 Å². The SMILES string of the molecule is CC1CC(C)(C(=O)NO)CCCCCC2(C)C1=CC(=O)C1C3(C)CCC(NS(=O)(=O)C(F)(F)F)C(C)(C)C3CCC12C. The summed E-state index contributed by atoms with van der Waals surface area (Å²) < 4.78 is 66.1. The molecule has 1 amide bonds. The third-order valence-corrected chi connectivity index (χ3v) is 13.9. The maximum absolute atomic E-state index is 14.3. The standard InChI is InChI=1S/C31H49F3N2O5S/c1-19-18-27(4,25(38)35-39)13-9-8-10-14-29(6)20(19)17-21(37)24-28(5)15-12-23(36-42(40,41)31(32,33)34)26(2,3)22(28)11-16-30(24,29)7/h17,19,22-24,36,39H,8-16,18H2,1-7H3,(H,35,38). The Kier molecular flexibility index (Phi) is 8.41. The number of fused-ring (bicyclic) bond motifs is 5. The lowest BCUT2D eigenvalue weighted by atomic mass is 9.35. The molecule has 0 heterocycles. The van der Waals surface area contributed by atoms with Crippen LogP contribution >= 0.6 is 0 Å². The summed E-state index contributed by atoms with van der Waals surface area (Å²) in [5.74, 6) is -0.976. The number of hydrogen-bond acceptors (Lipinski definition) is 5. The minimum atomic E-state index is -5.51. The van der Waals surface area contributed by atoms with Crippen LogP contribution in [0.1, 0.15) is 113 Å². The van der Waals surface area contributed by atoms with E-state index in [-0.39, 0.29) is 35.4 Å². The zero-order chi connectivity index (χ0) is 31.7. The molecule has 7 nitrogen and oxygen atoms in total. The first-order chi connectivity index (χ1) is 19.1. The van der Waals surface area contributed by atoms with Crippen molar-refractivity contribution in [2.24, 2.45) is 44.8 Å². The second kappa shape index (κ2) is 10.6. The van der Waals surface area contributed by atoms with Gasteiger partial charge in [-0.25, -0.2) is 18.6 Å². The van der Waals surface area contributed by atoms with Crippen molar-refractivity contribution in [1.29, 1.82) is 0 Å². The van der Waals surface area contributed by atoms with Crippen molar-refractivity contribution < 1.29 is 36.4 Å². The molecule has 4 aliphatic carbocycles. The molecule has 0 bridgehead atoms. The molecule has 240 valence electrons. The van der Waals surface area contributed by atoms with Gasteiger partial charge in [0.15, 0.2) is 5.78 Å². The molecule has 11 heteroatoms. The lowest BCUT2D eigenvalue weighted by Gasteiger charge is -2.68. The van der Waals surface area contributed by atoms with Crippen molar-refractivity contribution in [2.75, 3.05) is 0 Å². The van der Waals surface area contributed by atoms with E-state index in [1.165, 1.54) is 0 Å². The average molecular weight is 619 g/mol. The summed E-state index contributed by atoms with van der Waals surface area (Å²) in [5, 5.41) is 9.49. The van der Waals surface area contributed by atoms with E-state index < -0.39 is 49.1 Å². The molecule has 8 unspecified atom stereocenters. The number of sulfonamides is 1. The van der Waals surface area contributed by atoms with Gasteiger partial charge in [0.25, 0.3) is 0 Å². The summed E-state index contributed by atoms with van der Waals surface area (Å²) in [7, 11) is -5.51. The van der Waals surface area contributed by atoms with E-state index in [2.05, 4.69) is 27.7 Å². The first-order valence-electron chi connectivity index (χ1n) is 15.4. The Balaban J connectivity index is 1.76. The molecule has 3 fully saturated rings. The summed E-state index contributed by atoms with van der Waals surface area (Å²) >= 11 is 0. The van der Waals surface area contributed by atoms with Gasteiger partial charge in [-0.2, -0.15) is 13.2 Å². The number of amides is 1. The van der Waals surface area contributed by atoms with E-state index in [4.69, 9.17) is 0 Å². The van der Waals surface area contributed by atoms with Crippen LogP contribution in [0.15, 0.2) is 11.6 Å². The molecule has 0 aromatic carbocycles. The first kappa shape index (κ1) is 33.4. The molecule has 4 rings (SSSR count). The van der Waals surface area contributed by atoms with Crippen LogP contribution in [0.25, 0.3) is 0 Å². The highest BCUT2D eigenvalue weighted by Gasteiger charge is 2.68. The monoisotopic (exact) mass is 618 g/mol. The third-order valence-electron chi connectivity index (χ3n) is 12.7. The van der Waals surface area contributed by atoms with Crippen LogP contribution in [0.4, 0.5) is 13.2 Å². The summed E-state index contributed by atoms with van der Waals surface area (Å²) in [6.07, 6.45) is 8.60. The van der Waals surface area contributed by atoms with Gasteiger partial charge in [-0.05, 0) is 84.5 Å². The Morgan fingerprint density at radius 2 is 1.60 bits per heavy atom. The Morgan fingerprint density at radius 3 is 2.19 bits per heavy atom. The van der Waals surface area contributed by atoms with Gasteiger partial charge in [0.1, 0.15) is 0 Å². The lowest BCUT2D eigenvalue weighted by molar-refractivity contribution is -0.181. The van der Waals surface area contributed by atoms with Crippen LogP contribution in [0.5, 0.6) is 0 Å². The maximum atomic E-state index is 14.3. The smallest absolute Gasteiger partial charge is 0.295 e. The van der Waals surface area contributed by atoms with E-state index in [1.807, 2.05) is 37.0 Å². The lowest BCUT2D eigenvalue weighted by Crippen LogP contribution is -2.67. The van der Waals surface area contributed by atoms with Crippen LogP contribution < -0.4 is 10.2 Å². The third kappa shape index (κ3) is 4.97. The number of alkyl halides is 3. The zero-order valence-electron chi connectivity index (χ0n) is 26.1. The molecule has 8 atom stereocenters. The second-order valence-electron chi connectivity index (χ2n) is 15.4. The van der Waals surface area contributed by atoms with Gasteiger partial charge < -0.3 is 0 Å². The normalized spacial score (nSPS) is 42.8. The van der Waals surface area contributed by atoms with Crippen LogP contribution in [-0.2, 0) is 19.6 Å². The minimum absolute atomic E-state index is 0.0273. The summed E-state index contributed by atoms with van der Waals surface area (Å²) in [6, 6.07) is -0.893. The van der Waals surface area contributed by atoms with Crippen LogP contribution in [0, 0.1) is 44.8 Å². The number of carbonyl (C=O) groups is 2. The average Bonchev–Trinajstić information content (AvgIpc) is 2.86. The Hall–Kier alpha value is -1.46. The summed E-state index contributed by atoms with van der Waals surface area (Å²) in [5.41, 5.74) is -5.33. The first-order valence-corrected chi connectivity index (χ1v) is 16.9. The van der Waals surface area contributed by atoms with E-state index >= 15 is 0 Å². The van der Waals surface area contributed by atoms with Gasteiger partial charge in [-0.1, -0.05) is 73.3 Å². The van der Waals surface area contributed by atoms with Crippen molar-refractivity contribution in [3.8, 4) is 0 Å². The molecule has 42 heavy (non-hydrogen) atoms. The number of allylic oxidation sites excluding steroid dienone is 2. The predicted molar refractivity (Wildman–Crippen MR) is 153 cm³/mol. The number of halogens is 3. The van der Waals surface area contributed by atoms with Crippen LogP contribution in [0.2, 0.25) is 0 Å². The van der Waals surface area contributed by atoms with Gasteiger partial charge in [0, 0.05) is 17.4 Å². The molecule has 0 saturated heterocycles. The highest BCUT2D eigenvalue weighted by atomic mass is 32.2. The molecular weight excluding hydrogens is 569 g/mol. The Morgan fingerprint density at radius 1 is 0.976 bits per heavy atom. The van der Waals surface area contributed by atoms with Crippen molar-refractivity contribution in [3.63, 3.8) is 0 Å². The van der Waals surface area contributed by atoms with Crippen molar-refractivity contribution in [3.05, 3.63) is 11.6 Å². The molecule has 0 aromatic heterocycles. The fourth-order valence-corrected chi connectivity index (χ4v) is 11.3. The van der Waals surface area contributed by atoms with E-state index in [9.17, 15) is 36.4 Å². The van der Waals surface area contributed by atoms with Crippen LogP contribution in [-0.4, -0.2) is 36.9 Å². The molecule has 3 saturated carbocycles. The van der Waals surface area contributed by atoms with Crippen molar-refractivity contribution in [2.45, 2.75) is 124 Å². The molecule has 0 aliphatic heterocycles. The number of ketones is 1. The minimum Gasteiger partial charge on any atom is -0.295 e. The zero-order valence-corrected chi connectivity index (χ0v) is 26.9. The quantitative estimate of drug-likeness (QED) is 0.242. The Bertz CT molecular complexity index is 1250. The molecule has 4 aliphatic rings. The number of nitrogens with one attached hydrogen (secondary N) is 2. The van der Waals surface area contributed by atoms with Gasteiger partial charge in [-0.3, -0.25) is 14.8 Å². The fraction of sp³-hybridized carbons (Fsp3) is 0.871. The fourth-order valence-electron chi connectivity index (χ4n) is 10.4. The van der Waals surface area contributed by atoms with Gasteiger partial charge >= 0.3 is 15.5 Å². The summed E-state index contributed by atoms with van der Waals surface area (Å²) in [6.45, 7) is 14.2. The molecule has 0 radical (unpaired) electrons. The number of rotatable bonds is 3. The van der Waals surface area contributed by atoms with Crippen molar-refractivity contribution in [1.82, 2.24) is 10.2 Å². The van der Waals surface area contributed by atoms with E-state index in [0.717, 1.165) is 31.3 Å². The maximum Gasteiger partial charge on any atom is 0.511 e. The molecule has 3 N–H and O–H groups in total.